The number of nitrogens with one attached hydrogen (secondary N) is 1. The molecule has 1 aliphatic rings. The van der Waals surface area contributed by atoms with E-state index in [-0.39, 0.29) is 12.3 Å². The van der Waals surface area contributed by atoms with Crippen molar-refractivity contribution in [3.05, 3.63) is 18.2 Å². The summed E-state index contributed by atoms with van der Waals surface area (Å²) in [7, 11) is 0. The van der Waals surface area contributed by atoms with Gasteiger partial charge in [-0.25, -0.2) is 4.98 Å². The molecule has 1 amide bonds. The summed E-state index contributed by atoms with van der Waals surface area (Å²) in [6.07, 6.45) is -0.139. The van der Waals surface area contributed by atoms with E-state index < -0.39 is 0 Å². The average molecular weight is 302 g/mol. The largest absolute Gasteiger partial charge is 0.378 e. The zero-order valence-electron chi connectivity index (χ0n) is 11.3. The highest BCUT2D eigenvalue weighted by molar-refractivity contribution is 7.22. The van der Waals surface area contributed by atoms with E-state index in [1.807, 2.05) is 18.2 Å². The molecule has 0 unspecified atom stereocenters. The standard InChI is InChI=1S/C14H14N4O2S/c15-4-3-13(19)16-10-1-2-11-12(9-10)21-14(17-11)18-5-7-20-8-6-18/h1-2,9H,3,5-8H2,(H,16,19). The zero-order chi connectivity index (χ0) is 14.7. The molecule has 3 rings (SSSR count). The Bertz CT molecular complexity index is 701. The number of rotatable bonds is 3. The number of aromatic nitrogens is 1. The fraction of sp³-hybridized carbons (Fsp3) is 0.357. The lowest BCUT2D eigenvalue weighted by atomic mass is 10.3. The molecule has 2 aromatic rings. The van der Waals surface area contributed by atoms with Crippen molar-refractivity contribution in [1.82, 2.24) is 4.98 Å². The third kappa shape index (κ3) is 3.12. The Morgan fingerprint density at radius 2 is 2.29 bits per heavy atom. The minimum Gasteiger partial charge on any atom is -0.378 e. The molecule has 0 radical (unpaired) electrons. The number of benzene rings is 1. The molecule has 1 aromatic heterocycles. The predicted molar refractivity (Wildman–Crippen MR) is 81.5 cm³/mol. The van der Waals surface area contributed by atoms with Crippen LogP contribution in [-0.2, 0) is 9.53 Å². The zero-order valence-corrected chi connectivity index (χ0v) is 12.2. The van der Waals surface area contributed by atoms with Gasteiger partial charge in [-0.05, 0) is 18.2 Å². The van der Waals surface area contributed by atoms with Gasteiger partial charge in [-0.1, -0.05) is 11.3 Å². The summed E-state index contributed by atoms with van der Waals surface area (Å²) in [6.45, 7) is 3.16. The molecular weight excluding hydrogens is 288 g/mol. The van der Waals surface area contributed by atoms with Gasteiger partial charge in [0, 0.05) is 18.8 Å². The maximum absolute atomic E-state index is 11.4. The number of ether oxygens (including phenoxy) is 1. The Morgan fingerprint density at radius 1 is 1.48 bits per heavy atom. The monoisotopic (exact) mass is 302 g/mol. The molecule has 1 saturated heterocycles. The lowest BCUT2D eigenvalue weighted by Gasteiger charge is -2.25. The molecular formula is C14H14N4O2S. The van der Waals surface area contributed by atoms with E-state index in [0.717, 1.165) is 41.7 Å². The first-order valence-corrected chi connectivity index (χ1v) is 7.48. The van der Waals surface area contributed by atoms with Crippen molar-refractivity contribution in [2.24, 2.45) is 0 Å². The molecule has 1 aromatic carbocycles. The van der Waals surface area contributed by atoms with Crippen LogP contribution in [0.1, 0.15) is 6.42 Å². The Kier molecular flexibility index (Phi) is 3.99. The number of morpholine rings is 1. The normalized spacial score (nSPS) is 14.9. The fourth-order valence-electron chi connectivity index (χ4n) is 2.16. The molecule has 0 aliphatic carbocycles. The van der Waals surface area contributed by atoms with Crippen molar-refractivity contribution >= 4 is 38.3 Å². The van der Waals surface area contributed by atoms with Crippen molar-refractivity contribution in [2.45, 2.75) is 6.42 Å². The summed E-state index contributed by atoms with van der Waals surface area (Å²) >= 11 is 1.60. The maximum Gasteiger partial charge on any atom is 0.238 e. The predicted octanol–water partition coefficient (Wildman–Crippen LogP) is 1.99. The lowest BCUT2D eigenvalue weighted by Crippen LogP contribution is -2.36. The van der Waals surface area contributed by atoms with Crippen LogP contribution in [0.2, 0.25) is 0 Å². The molecule has 6 nitrogen and oxygen atoms in total. The van der Waals surface area contributed by atoms with Crippen molar-refractivity contribution in [3.8, 4) is 6.07 Å². The summed E-state index contributed by atoms with van der Waals surface area (Å²) in [5.41, 5.74) is 1.61. The molecule has 1 fully saturated rings. The summed E-state index contributed by atoms with van der Waals surface area (Å²) in [5.74, 6) is -0.297. The molecule has 0 spiro atoms. The van der Waals surface area contributed by atoms with Gasteiger partial charge in [-0.15, -0.1) is 0 Å². The summed E-state index contributed by atoms with van der Waals surface area (Å²) in [5, 5.41) is 12.2. The number of amides is 1. The molecule has 1 aliphatic heterocycles. The van der Waals surface area contributed by atoms with Crippen LogP contribution >= 0.6 is 11.3 Å². The quantitative estimate of drug-likeness (QED) is 0.938. The second-order valence-corrected chi connectivity index (χ2v) is 5.67. The Labute approximate surface area is 125 Å². The number of fused-ring (bicyclic) bond motifs is 1. The topological polar surface area (TPSA) is 78.2 Å². The van der Waals surface area contributed by atoms with E-state index in [9.17, 15) is 4.79 Å². The maximum atomic E-state index is 11.4. The van der Waals surface area contributed by atoms with Crippen molar-refractivity contribution in [1.29, 1.82) is 5.26 Å². The van der Waals surface area contributed by atoms with Gasteiger partial charge in [0.05, 0.1) is 29.5 Å². The summed E-state index contributed by atoms with van der Waals surface area (Å²) in [6, 6.07) is 7.42. The molecule has 0 atom stereocenters. The number of carbonyl (C=O) groups excluding carboxylic acids is 1. The minimum atomic E-state index is -0.297. The molecule has 21 heavy (non-hydrogen) atoms. The third-order valence-corrected chi connectivity index (χ3v) is 4.26. The highest BCUT2D eigenvalue weighted by atomic mass is 32.1. The number of nitrogens with zero attached hydrogens (tertiary/aromatic N) is 3. The number of anilines is 2. The molecule has 0 saturated carbocycles. The SMILES string of the molecule is N#CCC(=O)Nc1ccc2nc(N3CCOCC3)sc2c1. The summed E-state index contributed by atoms with van der Waals surface area (Å²) in [4.78, 5) is 18.3. The molecule has 2 heterocycles. The van der Waals surface area contributed by atoms with Gasteiger partial charge in [-0.2, -0.15) is 5.26 Å². The van der Waals surface area contributed by atoms with Crippen LogP contribution in [0.15, 0.2) is 18.2 Å². The van der Waals surface area contributed by atoms with Crippen LogP contribution in [0.25, 0.3) is 10.2 Å². The Balaban J connectivity index is 1.81. The van der Waals surface area contributed by atoms with E-state index in [1.54, 1.807) is 17.4 Å². The van der Waals surface area contributed by atoms with Crippen LogP contribution in [0.3, 0.4) is 0 Å². The first-order chi connectivity index (χ1) is 10.3. The van der Waals surface area contributed by atoms with Crippen LogP contribution in [-0.4, -0.2) is 37.2 Å². The van der Waals surface area contributed by atoms with E-state index in [2.05, 4.69) is 15.2 Å². The highest BCUT2D eigenvalue weighted by Gasteiger charge is 2.15. The van der Waals surface area contributed by atoms with Crippen LogP contribution in [0.5, 0.6) is 0 Å². The van der Waals surface area contributed by atoms with E-state index in [0.29, 0.717) is 5.69 Å². The third-order valence-electron chi connectivity index (χ3n) is 3.18. The average Bonchev–Trinajstić information content (AvgIpc) is 2.91. The van der Waals surface area contributed by atoms with Crippen LogP contribution in [0.4, 0.5) is 10.8 Å². The van der Waals surface area contributed by atoms with Gasteiger partial charge in [-0.3, -0.25) is 4.79 Å². The van der Waals surface area contributed by atoms with Crippen LogP contribution < -0.4 is 10.2 Å². The second kappa shape index (κ2) is 6.08. The number of hydrogen-bond acceptors (Lipinski definition) is 6. The first kappa shape index (κ1) is 13.8. The molecule has 1 N–H and O–H groups in total. The van der Waals surface area contributed by atoms with E-state index in [1.165, 1.54) is 0 Å². The van der Waals surface area contributed by atoms with Gasteiger partial charge in [0.2, 0.25) is 5.91 Å². The van der Waals surface area contributed by atoms with Crippen molar-refractivity contribution in [2.75, 3.05) is 36.5 Å². The van der Waals surface area contributed by atoms with Crippen molar-refractivity contribution < 1.29 is 9.53 Å². The van der Waals surface area contributed by atoms with E-state index >= 15 is 0 Å². The van der Waals surface area contributed by atoms with Crippen molar-refractivity contribution in [3.63, 3.8) is 0 Å². The smallest absolute Gasteiger partial charge is 0.238 e. The van der Waals surface area contributed by atoms with Gasteiger partial charge < -0.3 is 15.0 Å². The Hall–Kier alpha value is -2.17. The fourth-order valence-corrected chi connectivity index (χ4v) is 3.21. The summed E-state index contributed by atoms with van der Waals surface area (Å²) < 4.78 is 6.36. The molecule has 0 bridgehead atoms. The number of hydrogen-bond donors (Lipinski definition) is 1. The second-order valence-electron chi connectivity index (χ2n) is 4.66. The number of thiazole rings is 1. The van der Waals surface area contributed by atoms with Gasteiger partial charge in [0.1, 0.15) is 6.42 Å². The minimum absolute atomic E-state index is 0.139. The van der Waals surface area contributed by atoms with E-state index in [4.69, 9.17) is 10.00 Å². The lowest BCUT2D eigenvalue weighted by molar-refractivity contribution is -0.115. The molecule has 108 valence electrons. The van der Waals surface area contributed by atoms with Gasteiger partial charge in [0.15, 0.2) is 5.13 Å². The number of carbonyl (C=O) groups is 1. The Morgan fingerprint density at radius 3 is 3.05 bits per heavy atom. The first-order valence-electron chi connectivity index (χ1n) is 6.66. The highest BCUT2D eigenvalue weighted by Crippen LogP contribution is 2.31. The van der Waals surface area contributed by atoms with Gasteiger partial charge >= 0.3 is 0 Å². The van der Waals surface area contributed by atoms with Crippen LogP contribution in [0, 0.1) is 11.3 Å². The van der Waals surface area contributed by atoms with Gasteiger partial charge in [0.25, 0.3) is 0 Å². The molecule has 7 heteroatoms. The number of nitriles is 1.